The molecule has 2 aliphatic heterocycles. The lowest BCUT2D eigenvalue weighted by Crippen LogP contribution is -2.35. The number of allylic oxidation sites excluding steroid dienone is 2. The predicted molar refractivity (Wildman–Crippen MR) is 134 cm³/mol. The van der Waals surface area contributed by atoms with Crippen LogP contribution in [0.5, 0.6) is 0 Å². The molecule has 0 bridgehead atoms. The quantitative estimate of drug-likeness (QED) is 0.325. The molecule has 5 rings (SSSR count). The van der Waals surface area contributed by atoms with Gasteiger partial charge in [0.1, 0.15) is 7.05 Å². The molecule has 0 saturated carbocycles. The number of halogens is 3. The van der Waals surface area contributed by atoms with Crippen LogP contribution in [0.2, 0.25) is 0 Å². The highest BCUT2D eigenvalue weighted by Gasteiger charge is 2.35. The van der Waals surface area contributed by atoms with Crippen molar-refractivity contribution in [2.24, 2.45) is 4.99 Å². The molecule has 3 aromatic rings. The summed E-state index contributed by atoms with van der Waals surface area (Å²) in [4.78, 5) is 14.5. The van der Waals surface area contributed by atoms with E-state index in [1.165, 1.54) is 33.7 Å². The number of nitrogens with zero attached hydrogens (tertiary/aromatic N) is 2. The monoisotopic (exact) mass is 496 g/mol. The first kappa shape index (κ1) is 23.2. The van der Waals surface area contributed by atoms with E-state index in [-0.39, 0.29) is 0 Å². The minimum Gasteiger partial charge on any atom is -0.545 e. The number of hydrogen-bond acceptors (Lipinski definition) is 3. The molecule has 0 N–H and O–H groups in total. The van der Waals surface area contributed by atoms with Gasteiger partial charge < -0.3 is 9.90 Å². The predicted octanol–water partition coefficient (Wildman–Crippen LogP) is 5.59. The highest BCUT2D eigenvalue weighted by Crippen LogP contribution is 2.45. The Morgan fingerprint density at radius 2 is 1.39 bits per heavy atom. The summed E-state index contributed by atoms with van der Waals surface area (Å²) in [6.45, 7) is 2.20. The number of carbonyl (C=O) groups excluding carboxylic acids is 1. The second-order valence-corrected chi connectivity index (χ2v) is 9.82. The summed E-state index contributed by atoms with van der Waals surface area (Å²) in [6.07, 6.45) is 0. The van der Waals surface area contributed by atoms with Crippen LogP contribution in [-0.4, -0.2) is 32.8 Å². The molecule has 2 aliphatic rings. The molecular weight excluding hydrogens is 479 g/mol. The van der Waals surface area contributed by atoms with Crippen molar-refractivity contribution in [3.05, 3.63) is 95.6 Å². The van der Waals surface area contributed by atoms with Gasteiger partial charge in [0.2, 0.25) is 9.48 Å². The summed E-state index contributed by atoms with van der Waals surface area (Å²) < 4.78 is 0.00120. The van der Waals surface area contributed by atoms with Gasteiger partial charge >= 0.3 is 0 Å². The van der Waals surface area contributed by atoms with E-state index in [2.05, 4.69) is 97.4 Å². The third-order valence-electron chi connectivity index (χ3n) is 5.57. The number of carboxylic acids is 1. The molecule has 7 heteroatoms. The second kappa shape index (κ2) is 9.14. The van der Waals surface area contributed by atoms with E-state index in [0.29, 0.717) is 0 Å². The highest BCUT2D eigenvalue weighted by molar-refractivity contribution is 6.75. The molecule has 4 nitrogen and oxygen atoms in total. The SMILES string of the molecule is CC1=[N+](C)c2ccccc2/C1=C1/C(c2ccccc2)=Nc2ccccc21.O=C([O-])C(Cl)(Cl)Cl. The van der Waals surface area contributed by atoms with Crippen molar-refractivity contribution in [1.29, 1.82) is 0 Å². The van der Waals surface area contributed by atoms with E-state index >= 15 is 0 Å². The van der Waals surface area contributed by atoms with Gasteiger partial charge in [0.15, 0.2) is 5.71 Å². The highest BCUT2D eigenvalue weighted by atomic mass is 35.6. The first-order chi connectivity index (χ1) is 15.7. The van der Waals surface area contributed by atoms with Gasteiger partial charge in [-0.3, -0.25) is 0 Å². The number of aliphatic carboxylic acids is 1. The smallest absolute Gasteiger partial charge is 0.230 e. The number of rotatable bonds is 1. The first-order valence-electron chi connectivity index (χ1n) is 10.1. The lowest BCUT2D eigenvalue weighted by molar-refractivity contribution is -0.401. The fraction of sp³-hybridized carbons (Fsp3) is 0.115. The minimum atomic E-state index is -2.28. The van der Waals surface area contributed by atoms with E-state index in [9.17, 15) is 9.90 Å². The van der Waals surface area contributed by atoms with Crippen molar-refractivity contribution in [3.63, 3.8) is 0 Å². The lowest BCUT2D eigenvalue weighted by Gasteiger charge is -2.09. The van der Waals surface area contributed by atoms with Crippen LogP contribution in [0.3, 0.4) is 0 Å². The Kier molecular flexibility index (Phi) is 6.44. The summed E-state index contributed by atoms with van der Waals surface area (Å²) in [5.41, 5.74) is 10.8. The number of carboxylic acid groups (broad SMARTS) is 1. The van der Waals surface area contributed by atoms with Gasteiger partial charge in [-0.1, -0.05) is 95.5 Å². The number of aliphatic imine (C=N–C) groups is 1. The van der Waals surface area contributed by atoms with Gasteiger partial charge in [-0.15, -0.1) is 0 Å². The molecular formula is C26H19Cl3N2O2. The minimum absolute atomic E-state index is 1.05. The van der Waals surface area contributed by atoms with Crippen LogP contribution in [0.1, 0.15) is 23.6 Å². The maximum atomic E-state index is 9.51. The van der Waals surface area contributed by atoms with Gasteiger partial charge in [-0.2, -0.15) is 4.58 Å². The van der Waals surface area contributed by atoms with Gasteiger partial charge in [0.25, 0.3) is 0 Å². The van der Waals surface area contributed by atoms with Gasteiger partial charge in [-0.25, -0.2) is 4.99 Å². The van der Waals surface area contributed by atoms with Crippen molar-refractivity contribution in [2.45, 2.75) is 10.7 Å². The van der Waals surface area contributed by atoms with Crippen LogP contribution in [0, 0.1) is 0 Å². The molecule has 0 unspecified atom stereocenters. The van der Waals surface area contributed by atoms with Crippen LogP contribution >= 0.6 is 34.8 Å². The Morgan fingerprint density at radius 3 is 2.03 bits per heavy atom. The topological polar surface area (TPSA) is 55.5 Å². The third kappa shape index (κ3) is 4.47. The molecule has 0 atom stereocenters. The Balaban J connectivity index is 0.000000325. The number of fused-ring (bicyclic) bond motifs is 2. The summed E-state index contributed by atoms with van der Waals surface area (Å²) in [7, 11) is 2.14. The Labute approximate surface area is 207 Å². The van der Waals surface area contributed by atoms with Crippen molar-refractivity contribution in [3.8, 4) is 0 Å². The zero-order chi connectivity index (χ0) is 23.8. The summed E-state index contributed by atoms with van der Waals surface area (Å²) in [6, 6.07) is 27.6. The zero-order valence-corrected chi connectivity index (χ0v) is 20.1. The molecule has 0 aromatic heterocycles. The van der Waals surface area contributed by atoms with Crippen molar-refractivity contribution in [1.82, 2.24) is 0 Å². The Bertz CT molecular complexity index is 1340. The normalized spacial score (nSPS) is 16.6. The van der Waals surface area contributed by atoms with E-state index in [0.717, 1.165) is 17.0 Å². The van der Waals surface area contributed by atoms with E-state index < -0.39 is 9.76 Å². The number of hydrogen-bond donors (Lipinski definition) is 0. The second-order valence-electron chi connectivity index (χ2n) is 7.54. The van der Waals surface area contributed by atoms with Crippen molar-refractivity contribution >= 4 is 74.7 Å². The molecule has 0 radical (unpaired) electrons. The Morgan fingerprint density at radius 1 is 0.848 bits per heavy atom. The van der Waals surface area contributed by atoms with Crippen LogP contribution in [0.15, 0.2) is 83.9 Å². The number of carbonyl (C=O) groups is 1. The summed E-state index contributed by atoms with van der Waals surface area (Å²) in [5.74, 6) is -1.71. The Hall–Kier alpha value is -2.92. The number of alkyl halides is 3. The first-order valence-corrected chi connectivity index (χ1v) is 11.3. The maximum absolute atomic E-state index is 9.51. The van der Waals surface area contributed by atoms with E-state index in [1.54, 1.807) is 0 Å². The molecule has 0 aliphatic carbocycles. The third-order valence-corrected chi connectivity index (χ3v) is 6.03. The fourth-order valence-corrected chi connectivity index (χ4v) is 3.98. The largest absolute Gasteiger partial charge is 0.545 e. The van der Waals surface area contributed by atoms with Crippen LogP contribution < -0.4 is 5.11 Å². The maximum Gasteiger partial charge on any atom is 0.230 e. The summed E-state index contributed by atoms with van der Waals surface area (Å²) in [5, 5.41) is 9.51. The molecule has 0 spiro atoms. The molecule has 0 amide bonds. The molecule has 0 saturated heterocycles. The molecule has 0 fully saturated rings. The number of para-hydroxylation sites is 2. The lowest BCUT2D eigenvalue weighted by atomic mass is 9.88. The van der Waals surface area contributed by atoms with Crippen molar-refractivity contribution < 1.29 is 14.5 Å². The average Bonchev–Trinajstić information content (AvgIpc) is 3.29. The van der Waals surface area contributed by atoms with Crippen molar-refractivity contribution in [2.75, 3.05) is 7.05 Å². The van der Waals surface area contributed by atoms with Crippen LogP contribution in [-0.2, 0) is 4.79 Å². The van der Waals surface area contributed by atoms with Gasteiger partial charge in [-0.05, 0) is 12.1 Å². The molecule has 33 heavy (non-hydrogen) atoms. The molecule has 3 aromatic carbocycles. The van der Waals surface area contributed by atoms with Crippen LogP contribution in [0.4, 0.5) is 11.4 Å². The zero-order valence-electron chi connectivity index (χ0n) is 17.9. The van der Waals surface area contributed by atoms with E-state index in [1.807, 2.05) is 0 Å². The average molecular weight is 498 g/mol. The van der Waals surface area contributed by atoms with E-state index in [4.69, 9.17) is 39.8 Å². The molecule has 166 valence electrons. The fourth-order valence-electron chi connectivity index (χ4n) is 3.98. The standard InChI is InChI=1S/C24H19N2.C2HCl3O2/c1-16-22(19-13-7-9-15-21(19)26(16)2)23-18-12-6-8-14-20(18)25-24(23)17-10-4-3-5-11-17;3-2(4,5)1(6)7/h3-15H,1-2H3;(H,6,7)/q+1;/p-1. The van der Waals surface area contributed by atoms with Gasteiger partial charge in [0.05, 0.1) is 28.5 Å². The summed E-state index contributed by atoms with van der Waals surface area (Å²) >= 11 is 14.2. The van der Waals surface area contributed by atoms with Gasteiger partial charge in [0, 0.05) is 29.7 Å². The molecule has 2 heterocycles. The van der Waals surface area contributed by atoms with Crippen LogP contribution in [0.25, 0.3) is 11.1 Å². The number of benzene rings is 3.